The molecule has 0 bridgehead atoms. The van der Waals surface area contributed by atoms with Crippen molar-refractivity contribution >= 4 is 34.3 Å². The molecule has 0 saturated carbocycles. The highest BCUT2D eigenvalue weighted by Crippen LogP contribution is 2.11. The van der Waals surface area contributed by atoms with Crippen LogP contribution in [0.1, 0.15) is 11.3 Å². The van der Waals surface area contributed by atoms with Gasteiger partial charge in [-0.1, -0.05) is 0 Å². The van der Waals surface area contributed by atoms with E-state index in [-0.39, 0.29) is 18.0 Å². The summed E-state index contributed by atoms with van der Waals surface area (Å²) in [4.78, 5) is 25.5. The van der Waals surface area contributed by atoms with Gasteiger partial charge in [-0.2, -0.15) is 5.10 Å². The molecule has 108 valence electrons. The number of hydrogen-bond donors (Lipinski definition) is 2. The number of carbonyl (C=O) groups excluding carboxylic acids is 1. The molecule has 0 aliphatic rings. The van der Waals surface area contributed by atoms with Gasteiger partial charge in [0.1, 0.15) is 0 Å². The SMILES string of the molecule is Nc1nc(CC(=O)N/N=C\c2ccc([N+](=O)[O-])cc2)cs1. The summed E-state index contributed by atoms with van der Waals surface area (Å²) in [6.45, 7) is 0. The third-order valence-corrected chi connectivity index (χ3v) is 3.14. The minimum Gasteiger partial charge on any atom is -0.375 e. The lowest BCUT2D eigenvalue weighted by Gasteiger charge is -1.97. The second kappa shape index (κ2) is 6.57. The number of rotatable bonds is 5. The zero-order chi connectivity index (χ0) is 15.2. The fourth-order valence-corrected chi connectivity index (χ4v) is 2.03. The third kappa shape index (κ3) is 4.35. The Morgan fingerprint density at radius 1 is 1.48 bits per heavy atom. The Labute approximate surface area is 123 Å². The number of nitro groups is 1. The van der Waals surface area contributed by atoms with Crippen LogP contribution in [-0.2, 0) is 11.2 Å². The van der Waals surface area contributed by atoms with Gasteiger partial charge in [-0.25, -0.2) is 10.4 Å². The number of nitrogens with zero attached hydrogens (tertiary/aromatic N) is 3. The van der Waals surface area contributed by atoms with Gasteiger partial charge in [0, 0.05) is 17.5 Å². The maximum absolute atomic E-state index is 11.6. The minimum atomic E-state index is -0.484. The summed E-state index contributed by atoms with van der Waals surface area (Å²) in [6, 6.07) is 5.80. The quantitative estimate of drug-likeness (QED) is 0.490. The van der Waals surface area contributed by atoms with E-state index in [1.54, 1.807) is 5.38 Å². The van der Waals surface area contributed by atoms with Crippen molar-refractivity contribution in [2.75, 3.05) is 5.73 Å². The van der Waals surface area contributed by atoms with Crippen LogP contribution in [0.25, 0.3) is 0 Å². The fraction of sp³-hybridized carbons (Fsp3) is 0.0833. The molecule has 3 N–H and O–H groups in total. The Kier molecular flexibility index (Phi) is 4.57. The van der Waals surface area contributed by atoms with E-state index in [0.717, 1.165) is 0 Å². The summed E-state index contributed by atoms with van der Waals surface area (Å²) in [5.74, 6) is -0.321. The number of non-ortho nitro benzene ring substituents is 1. The molecule has 0 aliphatic carbocycles. The number of nitro benzene ring substituents is 1. The van der Waals surface area contributed by atoms with E-state index in [1.165, 1.54) is 41.8 Å². The highest BCUT2D eigenvalue weighted by molar-refractivity contribution is 7.13. The average molecular weight is 305 g/mol. The molecule has 1 amide bonds. The maximum atomic E-state index is 11.6. The van der Waals surface area contributed by atoms with E-state index in [1.807, 2.05) is 0 Å². The number of nitrogen functional groups attached to an aromatic ring is 1. The van der Waals surface area contributed by atoms with E-state index >= 15 is 0 Å². The topological polar surface area (TPSA) is 124 Å². The molecular formula is C12H11N5O3S. The molecule has 1 aromatic carbocycles. The van der Waals surface area contributed by atoms with Crippen molar-refractivity contribution in [2.24, 2.45) is 5.10 Å². The number of aromatic nitrogens is 1. The van der Waals surface area contributed by atoms with E-state index < -0.39 is 4.92 Å². The first-order valence-corrected chi connectivity index (χ1v) is 6.69. The van der Waals surface area contributed by atoms with E-state index in [4.69, 9.17) is 5.73 Å². The molecule has 0 fully saturated rings. The highest BCUT2D eigenvalue weighted by atomic mass is 32.1. The molecule has 1 aromatic heterocycles. The Morgan fingerprint density at radius 2 is 2.19 bits per heavy atom. The number of thiazole rings is 1. The minimum absolute atomic E-state index is 0.00249. The lowest BCUT2D eigenvalue weighted by molar-refractivity contribution is -0.384. The summed E-state index contributed by atoms with van der Waals surface area (Å²) in [5.41, 5.74) is 9.03. The van der Waals surface area contributed by atoms with Gasteiger partial charge < -0.3 is 5.73 Å². The largest absolute Gasteiger partial charge is 0.375 e. The molecule has 0 aliphatic heterocycles. The van der Waals surface area contributed by atoms with Gasteiger partial charge in [-0.05, 0) is 17.7 Å². The van der Waals surface area contributed by atoms with Crippen molar-refractivity contribution in [3.63, 3.8) is 0 Å². The summed E-state index contributed by atoms with van der Waals surface area (Å²) >= 11 is 1.26. The first kappa shape index (κ1) is 14.6. The van der Waals surface area contributed by atoms with Gasteiger partial charge in [0.2, 0.25) is 5.91 Å². The standard InChI is InChI=1S/C12H11N5O3S/c13-12-15-9(7-21-12)5-11(18)16-14-6-8-1-3-10(4-2-8)17(19)20/h1-4,6-7H,5H2,(H2,13,15)(H,16,18)/b14-6-. The summed E-state index contributed by atoms with van der Waals surface area (Å²) in [5, 5.41) is 16.4. The predicted molar refractivity (Wildman–Crippen MR) is 79.1 cm³/mol. The first-order valence-electron chi connectivity index (χ1n) is 5.81. The third-order valence-electron chi connectivity index (χ3n) is 2.42. The number of nitrogens with two attached hydrogens (primary N) is 1. The van der Waals surface area contributed by atoms with Crippen LogP contribution in [0.2, 0.25) is 0 Å². The molecule has 9 heteroatoms. The van der Waals surface area contributed by atoms with Crippen LogP contribution in [-0.4, -0.2) is 22.0 Å². The number of anilines is 1. The number of amides is 1. The number of carbonyl (C=O) groups is 1. The number of nitrogens with one attached hydrogen (secondary N) is 1. The van der Waals surface area contributed by atoms with Gasteiger partial charge in [-0.3, -0.25) is 14.9 Å². The lowest BCUT2D eigenvalue weighted by Crippen LogP contribution is -2.19. The van der Waals surface area contributed by atoms with E-state index in [2.05, 4.69) is 15.5 Å². The summed E-state index contributed by atoms with van der Waals surface area (Å²) in [6.07, 6.45) is 1.49. The Hall–Kier alpha value is -2.81. The molecule has 2 aromatic rings. The molecule has 0 atom stereocenters. The molecule has 21 heavy (non-hydrogen) atoms. The average Bonchev–Trinajstić information content (AvgIpc) is 2.84. The van der Waals surface area contributed by atoms with Crippen molar-refractivity contribution in [1.82, 2.24) is 10.4 Å². The summed E-state index contributed by atoms with van der Waals surface area (Å²) in [7, 11) is 0. The number of hydrazone groups is 1. The van der Waals surface area contributed by atoms with Gasteiger partial charge in [-0.15, -0.1) is 11.3 Å². The van der Waals surface area contributed by atoms with Crippen LogP contribution >= 0.6 is 11.3 Å². The zero-order valence-corrected chi connectivity index (χ0v) is 11.5. The number of hydrogen-bond acceptors (Lipinski definition) is 7. The normalized spacial score (nSPS) is 10.7. The van der Waals surface area contributed by atoms with E-state index in [0.29, 0.717) is 16.4 Å². The van der Waals surface area contributed by atoms with Crippen LogP contribution in [0.3, 0.4) is 0 Å². The monoisotopic (exact) mass is 305 g/mol. The molecular weight excluding hydrogens is 294 g/mol. The van der Waals surface area contributed by atoms with Crippen LogP contribution in [0, 0.1) is 10.1 Å². The zero-order valence-electron chi connectivity index (χ0n) is 10.7. The second-order valence-electron chi connectivity index (χ2n) is 4.00. The highest BCUT2D eigenvalue weighted by Gasteiger charge is 2.05. The predicted octanol–water partition coefficient (Wildman–Crippen LogP) is 1.33. The van der Waals surface area contributed by atoms with Crippen molar-refractivity contribution in [3.8, 4) is 0 Å². The smallest absolute Gasteiger partial charge is 0.269 e. The Balaban J connectivity index is 1.86. The molecule has 8 nitrogen and oxygen atoms in total. The van der Waals surface area contributed by atoms with Crippen LogP contribution in [0.5, 0.6) is 0 Å². The van der Waals surface area contributed by atoms with Crippen molar-refractivity contribution in [3.05, 3.63) is 51.0 Å². The Morgan fingerprint density at radius 3 is 2.76 bits per heavy atom. The summed E-state index contributed by atoms with van der Waals surface area (Å²) < 4.78 is 0. The van der Waals surface area contributed by atoms with Crippen LogP contribution < -0.4 is 11.2 Å². The maximum Gasteiger partial charge on any atom is 0.269 e. The molecule has 0 radical (unpaired) electrons. The Bertz CT molecular complexity index is 680. The van der Waals surface area contributed by atoms with Crippen molar-refractivity contribution in [1.29, 1.82) is 0 Å². The molecule has 0 saturated heterocycles. The molecule has 0 unspecified atom stereocenters. The van der Waals surface area contributed by atoms with Gasteiger partial charge in [0.05, 0.1) is 23.3 Å². The number of benzene rings is 1. The first-order chi connectivity index (χ1) is 10.0. The van der Waals surface area contributed by atoms with Crippen molar-refractivity contribution in [2.45, 2.75) is 6.42 Å². The molecule has 2 rings (SSSR count). The fourth-order valence-electron chi connectivity index (χ4n) is 1.47. The lowest BCUT2D eigenvalue weighted by atomic mass is 10.2. The van der Waals surface area contributed by atoms with Crippen LogP contribution in [0.15, 0.2) is 34.7 Å². The van der Waals surface area contributed by atoms with Gasteiger partial charge >= 0.3 is 0 Å². The van der Waals surface area contributed by atoms with Crippen LogP contribution in [0.4, 0.5) is 10.8 Å². The van der Waals surface area contributed by atoms with Gasteiger partial charge in [0.25, 0.3) is 5.69 Å². The molecule has 1 heterocycles. The second-order valence-corrected chi connectivity index (χ2v) is 4.89. The molecule has 0 spiro atoms. The van der Waals surface area contributed by atoms with Crippen molar-refractivity contribution < 1.29 is 9.72 Å². The van der Waals surface area contributed by atoms with E-state index in [9.17, 15) is 14.9 Å². The van der Waals surface area contributed by atoms with Gasteiger partial charge in [0.15, 0.2) is 5.13 Å².